The van der Waals surface area contributed by atoms with Crippen molar-refractivity contribution < 1.29 is 4.74 Å². The van der Waals surface area contributed by atoms with Crippen LogP contribution in [-0.4, -0.2) is 58.4 Å². The first-order valence-corrected chi connectivity index (χ1v) is 10.9. The molecule has 154 valence electrons. The van der Waals surface area contributed by atoms with E-state index in [4.69, 9.17) is 4.74 Å². The zero-order chi connectivity index (χ0) is 20.0. The molecule has 1 aromatic heterocycles. The van der Waals surface area contributed by atoms with Gasteiger partial charge in [-0.25, -0.2) is 0 Å². The number of methoxy groups -OCH3 is 1. The van der Waals surface area contributed by atoms with Gasteiger partial charge in [-0.15, -0.1) is 6.58 Å². The molecule has 5 heterocycles. The molecule has 0 N–H and O–H groups in total. The standard InChI is InChI=1S/C24H32N4O/c1-4-11-28-15-20(17(2)25-28)14-27-16-22(18-5-7-21(29-3)8-6-18)24-23(27)19-9-12-26(24)13-10-19/h4-8,15,19,22-24H,1,9-14,16H2,2-3H3/t22-,23+,24+/m0/s1. The number of benzene rings is 1. The third-order valence-corrected chi connectivity index (χ3v) is 7.38. The molecule has 4 aliphatic heterocycles. The molecule has 1 aromatic carbocycles. The molecule has 3 atom stereocenters. The van der Waals surface area contributed by atoms with Gasteiger partial charge < -0.3 is 4.74 Å². The number of rotatable bonds is 6. The van der Waals surface area contributed by atoms with Crippen molar-refractivity contribution in [2.45, 2.75) is 50.9 Å². The molecule has 0 amide bonds. The number of ether oxygens (including phenoxy) is 1. The Morgan fingerprint density at radius 3 is 2.62 bits per heavy atom. The van der Waals surface area contributed by atoms with Crippen LogP contribution in [0.1, 0.15) is 35.6 Å². The average molecular weight is 393 g/mol. The highest BCUT2D eigenvalue weighted by molar-refractivity contribution is 5.33. The van der Waals surface area contributed by atoms with Crippen LogP contribution in [0.5, 0.6) is 5.75 Å². The van der Waals surface area contributed by atoms with Gasteiger partial charge >= 0.3 is 0 Å². The van der Waals surface area contributed by atoms with Crippen molar-refractivity contribution in [3.63, 3.8) is 0 Å². The summed E-state index contributed by atoms with van der Waals surface area (Å²) in [5.74, 6) is 2.34. The van der Waals surface area contributed by atoms with Crippen LogP contribution in [0.25, 0.3) is 0 Å². The topological polar surface area (TPSA) is 33.5 Å². The van der Waals surface area contributed by atoms with E-state index >= 15 is 0 Å². The number of nitrogens with zero attached hydrogens (tertiary/aromatic N) is 4. The molecule has 6 rings (SSSR count). The summed E-state index contributed by atoms with van der Waals surface area (Å²) in [7, 11) is 1.74. The molecule has 2 aromatic rings. The van der Waals surface area contributed by atoms with Crippen LogP contribution in [0.2, 0.25) is 0 Å². The summed E-state index contributed by atoms with van der Waals surface area (Å²) in [5, 5.41) is 4.69. The van der Waals surface area contributed by atoms with Gasteiger partial charge in [0.25, 0.3) is 0 Å². The second-order valence-electron chi connectivity index (χ2n) is 8.91. The predicted molar refractivity (Wildman–Crippen MR) is 115 cm³/mol. The molecule has 0 spiro atoms. The van der Waals surface area contributed by atoms with Crippen molar-refractivity contribution >= 4 is 0 Å². The quantitative estimate of drug-likeness (QED) is 0.705. The van der Waals surface area contributed by atoms with Gasteiger partial charge in [-0.2, -0.15) is 5.10 Å². The third-order valence-electron chi connectivity index (χ3n) is 7.38. The Hall–Kier alpha value is -2.11. The maximum Gasteiger partial charge on any atom is 0.118 e. The minimum atomic E-state index is 0.567. The summed E-state index contributed by atoms with van der Waals surface area (Å²) in [6.07, 6.45) is 6.83. The summed E-state index contributed by atoms with van der Waals surface area (Å²) in [4.78, 5) is 5.53. The van der Waals surface area contributed by atoms with Crippen LogP contribution in [-0.2, 0) is 13.1 Å². The van der Waals surface area contributed by atoms with E-state index in [9.17, 15) is 0 Å². The van der Waals surface area contributed by atoms with E-state index in [-0.39, 0.29) is 0 Å². The number of piperidine rings is 3. The normalized spacial score (nSPS) is 31.0. The molecule has 5 nitrogen and oxygen atoms in total. The van der Waals surface area contributed by atoms with E-state index in [0.29, 0.717) is 18.0 Å². The van der Waals surface area contributed by atoms with Gasteiger partial charge in [-0.05, 0) is 56.5 Å². The van der Waals surface area contributed by atoms with Gasteiger partial charge in [0, 0.05) is 42.9 Å². The first-order chi connectivity index (χ1) is 14.2. The SMILES string of the molecule is C=CCn1cc(CN2C[C@@H](c3ccc(OC)cc3)[C@@H]3[C@H]2C2CCN3CC2)c(C)n1. The van der Waals surface area contributed by atoms with Crippen LogP contribution < -0.4 is 4.74 Å². The summed E-state index contributed by atoms with van der Waals surface area (Å²) in [5.41, 5.74) is 3.96. The number of hydrogen-bond acceptors (Lipinski definition) is 4. The highest BCUT2D eigenvalue weighted by atomic mass is 16.5. The molecule has 4 saturated heterocycles. The predicted octanol–water partition coefficient (Wildman–Crippen LogP) is 3.45. The van der Waals surface area contributed by atoms with Gasteiger partial charge in [0.05, 0.1) is 19.3 Å². The Morgan fingerprint density at radius 1 is 1.17 bits per heavy atom. The van der Waals surface area contributed by atoms with Crippen molar-refractivity contribution in [3.05, 3.63) is 59.9 Å². The molecule has 2 bridgehead atoms. The monoisotopic (exact) mass is 392 g/mol. The third kappa shape index (κ3) is 3.30. The summed E-state index contributed by atoms with van der Waals surface area (Å²) in [6, 6.07) is 10.1. The molecule has 4 aliphatic rings. The Balaban J connectivity index is 1.44. The molecule has 29 heavy (non-hydrogen) atoms. The lowest BCUT2D eigenvalue weighted by Gasteiger charge is -2.51. The highest BCUT2D eigenvalue weighted by Crippen LogP contribution is 2.47. The van der Waals surface area contributed by atoms with E-state index < -0.39 is 0 Å². The van der Waals surface area contributed by atoms with Gasteiger partial charge in [0.2, 0.25) is 0 Å². The van der Waals surface area contributed by atoms with Gasteiger partial charge in [0.1, 0.15) is 5.75 Å². The molecule has 0 aliphatic carbocycles. The lowest BCUT2D eigenvalue weighted by molar-refractivity contribution is -0.00873. The summed E-state index contributed by atoms with van der Waals surface area (Å²) >= 11 is 0. The van der Waals surface area contributed by atoms with Crippen LogP contribution in [0.3, 0.4) is 0 Å². The Morgan fingerprint density at radius 2 is 1.93 bits per heavy atom. The van der Waals surface area contributed by atoms with Gasteiger partial charge in [-0.1, -0.05) is 18.2 Å². The number of aromatic nitrogens is 2. The van der Waals surface area contributed by atoms with E-state index in [1.54, 1.807) is 7.11 Å². The van der Waals surface area contributed by atoms with Gasteiger partial charge in [-0.3, -0.25) is 14.5 Å². The summed E-state index contributed by atoms with van der Waals surface area (Å²) < 4.78 is 7.40. The summed E-state index contributed by atoms with van der Waals surface area (Å²) in [6.45, 7) is 11.4. The lowest BCUT2D eigenvalue weighted by Crippen LogP contribution is -2.59. The fraction of sp³-hybridized carbons (Fsp3) is 0.542. The van der Waals surface area contributed by atoms with Crippen molar-refractivity contribution in [2.24, 2.45) is 5.92 Å². The van der Waals surface area contributed by atoms with Crippen molar-refractivity contribution in [2.75, 3.05) is 26.7 Å². The minimum Gasteiger partial charge on any atom is -0.497 e. The van der Waals surface area contributed by atoms with Crippen LogP contribution in [0, 0.1) is 12.8 Å². The molecule has 0 unspecified atom stereocenters. The molecule has 4 fully saturated rings. The lowest BCUT2D eigenvalue weighted by atomic mass is 9.75. The molecule has 0 radical (unpaired) electrons. The zero-order valence-corrected chi connectivity index (χ0v) is 17.6. The largest absolute Gasteiger partial charge is 0.497 e. The number of fused-ring (bicyclic) bond motifs is 2. The first-order valence-electron chi connectivity index (χ1n) is 10.9. The number of hydrogen-bond donors (Lipinski definition) is 0. The Bertz CT molecular complexity index is 866. The van der Waals surface area contributed by atoms with Gasteiger partial charge in [0.15, 0.2) is 0 Å². The molecular weight excluding hydrogens is 360 g/mol. The zero-order valence-electron chi connectivity index (χ0n) is 17.6. The van der Waals surface area contributed by atoms with E-state index in [2.05, 4.69) is 58.9 Å². The second-order valence-corrected chi connectivity index (χ2v) is 8.91. The average Bonchev–Trinajstić information content (AvgIpc) is 3.31. The van der Waals surface area contributed by atoms with E-state index in [1.807, 2.05) is 10.8 Å². The second kappa shape index (κ2) is 7.62. The van der Waals surface area contributed by atoms with Crippen molar-refractivity contribution in [3.8, 4) is 5.75 Å². The maximum atomic E-state index is 5.39. The molecule has 0 saturated carbocycles. The van der Waals surface area contributed by atoms with E-state index in [1.165, 1.54) is 37.1 Å². The fourth-order valence-corrected chi connectivity index (χ4v) is 6.03. The number of likely N-dealkylation sites (tertiary alicyclic amines) is 1. The Labute approximate surface area is 173 Å². The Kier molecular flexibility index (Phi) is 4.96. The van der Waals surface area contributed by atoms with Crippen LogP contribution >= 0.6 is 0 Å². The van der Waals surface area contributed by atoms with E-state index in [0.717, 1.165) is 37.0 Å². The smallest absolute Gasteiger partial charge is 0.118 e. The first kappa shape index (κ1) is 18.9. The number of aryl methyl sites for hydroxylation is 1. The fourth-order valence-electron chi connectivity index (χ4n) is 6.03. The van der Waals surface area contributed by atoms with Crippen molar-refractivity contribution in [1.82, 2.24) is 19.6 Å². The number of allylic oxidation sites excluding steroid dienone is 1. The minimum absolute atomic E-state index is 0.567. The van der Waals surface area contributed by atoms with Crippen molar-refractivity contribution in [1.29, 1.82) is 0 Å². The highest BCUT2D eigenvalue weighted by Gasteiger charge is 2.53. The molecule has 5 heteroatoms. The van der Waals surface area contributed by atoms with Crippen LogP contribution in [0.15, 0.2) is 43.1 Å². The van der Waals surface area contributed by atoms with Crippen LogP contribution in [0.4, 0.5) is 0 Å². The maximum absolute atomic E-state index is 5.39. The molecular formula is C24H32N4O.